The van der Waals surface area contributed by atoms with Crippen LogP contribution in [0.1, 0.15) is 18.9 Å². The summed E-state index contributed by atoms with van der Waals surface area (Å²) in [4.78, 5) is 0. The summed E-state index contributed by atoms with van der Waals surface area (Å²) in [5.74, 6) is 1.23. The minimum absolute atomic E-state index is 0.210. The molecule has 19 heavy (non-hydrogen) atoms. The van der Waals surface area contributed by atoms with E-state index < -0.39 is 6.10 Å². The highest BCUT2D eigenvalue weighted by atomic mass is 16.5. The van der Waals surface area contributed by atoms with Gasteiger partial charge in [0.15, 0.2) is 0 Å². The van der Waals surface area contributed by atoms with Crippen molar-refractivity contribution in [1.29, 1.82) is 0 Å². The Hall–Kier alpha value is -1.10. The van der Waals surface area contributed by atoms with E-state index in [1.165, 1.54) is 0 Å². The van der Waals surface area contributed by atoms with Crippen LogP contribution in [0.25, 0.3) is 0 Å². The Morgan fingerprint density at radius 3 is 2.68 bits per heavy atom. The minimum atomic E-state index is -0.527. The van der Waals surface area contributed by atoms with Crippen LogP contribution in [0.5, 0.6) is 5.75 Å². The van der Waals surface area contributed by atoms with Gasteiger partial charge in [-0.25, -0.2) is 0 Å². The maximum absolute atomic E-state index is 9.81. The van der Waals surface area contributed by atoms with Gasteiger partial charge in [-0.15, -0.1) is 0 Å². The highest BCUT2D eigenvalue weighted by Gasteiger charge is 2.07. The van der Waals surface area contributed by atoms with Crippen LogP contribution in [-0.4, -0.2) is 42.6 Å². The topological polar surface area (TPSA) is 61.7 Å². The van der Waals surface area contributed by atoms with Crippen LogP contribution in [0.3, 0.4) is 0 Å². The van der Waals surface area contributed by atoms with Gasteiger partial charge < -0.3 is 20.3 Å². The van der Waals surface area contributed by atoms with Gasteiger partial charge in [0.05, 0.1) is 0 Å². The Balaban J connectivity index is 2.18. The number of hydrogen-bond acceptors (Lipinski definition) is 4. The molecule has 0 heterocycles. The zero-order chi connectivity index (χ0) is 14.1. The fraction of sp³-hybridized carbons (Fsp3) is 0.600. The van der Waals surface area contributed by atoms with Crippen molar-refractivity contribution in [3.05, 3.63) is 29.8 Å². The van der Waals surface area contributed by atoms with Crippen molar-refractivity contribution in [3.8, 4) is 5.75 Å². The molecule has 3 N–H and O–H groups in total. The van der Waals surface area contributed by atoms with Crippen LogP contribution in [0, 0.1) is 12.8 Å². The van der Waals surface area contributed by atoms with E-state index in [4.69, 9.17) is 9.84 Å². The predicted octanol–water partition coefficient (Wildman–Crippen LogP) is 1.34. The molecule has 0 fully saturated rings. The second-order valence-electron chi connectivity index (χ2n) is 5.01. The molecule has 0 bridgehead atoms. The number of nitrogens with one attached hydrogen (secondary N) is 1. The Morgan fingerprint density at radius 1 is 1.26 bits per heavy atom. The maximum Gasteiger partial charge on any atom is 0.122 e. The summed E-state index contributed by atoms with van der Waals surface area (Å²) in [5, 5.41) is 21.8. The number of aliphatic hydroxyl groups is 2. The van der Waals surface area contributed by atoms with Crippen molar-refractivity contribution in [2.45, 2.75) is 26.4 Å². The van der Waals surface area contributed by atoms with Gasteiger partial charge in [0.1, 0.15) is 18.5 Å². The maximum atomic E-state index is 9.81. The molecule has 108 valence electrons. The van der Waals surface area contributed by atoms with Gasteiger partial charge in [0, 0.05) is 13.2 Å². The molecule has 0 aliphatic rings. The molecule has 1 aromatic carbocycles. The first-order valence-corrected chi connectivity index (χ1v) is 6.81. The monoisotopic (exact) mass is 267 g/mol. The fourth-order valence-electron chi connectivity index (χ4n) is 1.78. The SMILES string of the molecule is Cc1ccccc1OCC(O)CNCC(C)CCO. The van der Waals surface area contributed by atoms with E-state index >= 15 is 0 Å². The average Bonchev–Trinajstić information content (AvgIpc) is 2.38. The second kappa shape index (κ2) is 8.91. The molecule has 0 aliphatic carbocycles. The molecule has 0 aliphatic heterocycles. The molecular formula is C15H25NO3. The number of ether oxygens (including phenoxy) is 1. The Bertz CT molecular complexity index is 357. The summed E-state index contributed by atoms with van der Waals surface area (Å²) < 4.78 is 5.57. The molecule has 1 aromatic rings. The molecule has 0 radical (unpaired) electrons. The smallest absolute Gasteiger partial charge is 0.122 e. The largest absolute Gasteiger partial charge is 0.491 e. The lowest BCUT2D eigenvalue weighted by Gasteiger charge is -2.16. The van der Waals surface area contributed by atoms with E-state index in [1.807, 2.05) is 31.2 Å². The van der Waals surface area contributed by atoms with Crippen LogP contribution in [0.15, 0.2) is 24.3 Å². The summed E-state index contributed by atoms with van der Waals surface area (Å²) in [7, 11) is 0. The molecule has 4 nitrogen and oxygen atoms in total. The molecule has 0 amide bonds. The number of aryl methyl sites for hydroxylation is 1. The van der Waals surface area contributed by atoms with E-state index in [0.29, 0.717) is 12.5 Å². The zero-order valence-electron chi connectivity index (χ0n) is 11.8. The van der Waals surface area contributed by atoms with Crippen LogP contribution in [0.4, 0.5) is 0 Å². The third-order valence-corrected chi connectivity index (χ3v) is 3.02. The molecule has 4 heteroatoms. The summed E-state index contributed by atoms with van der Waals surface area (Å²) in [5.41, 5.74) is 1.07. The van der Waals surface area contributed by atoms with Gasteiger partial charge in [0.25, 0.3) is 0 Å². The molecule has 0 spiro atoms. The van der Waals surface area contributed by atoms with Crippen LogP contribution in [-0.2, 0) is 0 Å². The molecule has 0 aromatic heterocycles. The molecular weight excluding hydrogens is 242 g/mol. The number of benzene rings is 1. The summed E-state index contributed by atoms with van der Waals surface area (Å²) in [6, 6.07) is 7.77. The van der Waals surface area contributed by atoms with Crippen LogP contribution in [0.2, 0.25) is 0 Å². The quantitative estimate of drug-likeness (QED) is 0.632. The number of rotatable bonds is 9. The second-order valence-corrected chi connectivity index (χ2v) is 5.01. The molecule has 1 rings (SSSR count). The first kappa shape index (κ1) is 16.0. The lowest BCUT2D eigenvalue weighted by Crippen LogP contribution is -2.34. The minimum Gasteiger partial charge on any atom is -0.491 e. The van der Waals surface area contributed by atoms with Crippen molar-refractivity contribution in [2.75, 3.05) is 26.3 Å². The van der Waals surface area contributed by atoms with Crippen LogP contribution >= 0.6 is 0 Å². The molecule has 0 saturated carbocycles. The number of aliphatic hydroxyl groups excluding tert-OH is 2. The van der Waals surface area contributed by atoms with Gasteiger partial charge in [-0.1, -0.05) is 25.1 Å². The van der Waals surface area contributed by atoms with Gasteiger partial charge in [-0.3, -0.25) is 0 Å². The first-order chi connectivity index (χ1) is 9.13. The van der Waals surface area contributed by atoms with Gasteiger partial charge in [0.2, 0.25) is 0 Å². The predicted molar refractivity (Wildman–Crippen MR) is 76.4 cm³/mol. The van der Waals surface area contributed by atoms with Crippen molar-refractivity contribution in [2.24, 2.45) is 5.92 Å². The molecule has 2 unspecified atom stereocenters. The summed E-state index contributed by atoms with van der Waals surface area (Å²) >= 11 is 0. The summed E-state index contributed by atoms with van der Waals surface area (Å²) in [6.07, 6.45) is 0.254. The number of para-hydroxylation sites is 1. The van der Waals surface area contributed by atoms with Gasteiger partial charge in [-0.05, 0) is 37.4 Å². The standard InChI is InChI=1S/C15H25NO3/c1-12(7-8-17)9-16-10-14(18)11-19-15-6-4-3-5-13(15)2/h3-6,12,14,16-18H,7-11H2,1-2H3. The summed E-state index contributed by atoms with van der Waals surface area (Å²) in [6.45, 7) is 5.84. The van der Waals surface area contributed by atoms with Gasteiger partial charge in [-0.2, -0.15) is 0 Å². The highest BCUT2D eigenvalue weighted by molar-refractivity contribution is 5.31. The van der Waals surface area contributed by atoms with Crippen molar-refractivity contribution >= 4 is 0 Å². The first-order valence-electron chi connectivity index (χ1n) is 6.81. The van der Waals surface area contributed by atoms with Gasteiger partial charge >= 0.3 is 0 Å². The third-order valence-electron chi connectivity index (χ3n) is 3.02. The lowest BCUT2D eigenvalue weighted by atomic mass is 10.1. The third kappa shape index (κ3) is 6.57. The van der Waals surface area contributed by atoms with Crippen molar-refractivity contribution in [1.82, 2.24) is 5.32 Å². The van der Waals surface area contributed by atoms with E-state index in [2.05, 4.69) is 12.2 Å². The molecule has 0 saturated heterocycles. The van der Waals surface area contributed by atoms with E-state index in [1.54, 1.807) is 0 Å². The van der Waals surface area contributed by atoms with E-state index in [9.17, 15) is 5.11 Å². The normalized spacial score (nSPS) is 14.1. The average molecular weight is 267 g/mol. The lowest BCUT2D eigenvalue weighted by molar-refractivity contribution is 0.105. The molecule has 2 atom stereocenters. The fourth-order valence-corrected chi connectivity index (χ4v) is 1.78. The van der Waals surface area contributed by atoms with Crippen molar-refractivity contribution in [3.63, 3.8) is 0 Å². The zero-order valence-corrected chi connectivity index (χ0v) is 11.8. The van der Waals surface area contributed by atoms with Crippen LogP contribution < -0.4 is 10.1 Å². The Kier molecular flexibility index (Phi) is 7.48. The highest BCUT2D eigenvalue weighted by Crippen LogP contribution is 2.16. The van der Waals surface area contributed by atoms with E-state index in [-0.39, 0.29) is 13.2 Å². The Morgan fingerprint density at radius 2 is 2.00 bits per heavy atom. The van der Waals surface area contributed by atoms with E-state index in [0.717, 1.165) is 24.3 Å². The number of hydrogen-bond donors (Lipinski definition) is 3. The van der Waals surface area contributed by atoms with Crippen molar-refractivity contribution < 1.29 is 14.9 Å². The Labute approximate surface area is 115 Å².